The first kappa shape index (κ1) is 15.6. The van der Waals surface area contributed by atoms with Crippen molar-refractivity contribution in [1.29, 1.82) is 0 Å². The second kappa shape index (κ2) is 6.30. The van der Waals surface area contributed by atoms with Crippen LogP contribution in [0.25, 0.3) is 10.8 Å². The first-order chi connectivity index (χ1) is 9.42. The number of aromatic nitrogens is 1. The summed E-state index contributed by atoms with van der Waals surface area (Å²) in [5.74, 6) is 0.348. The van der Waals surface area contributed by atoms with E-state index >= 15 is 0 Å². The molecule has 0 saturated carbocycles. The molecule has 2 aromatic rings. The van der Waals surface area contributed by atoms with Crippen molar-refractivity contribution in [3.63, 3.8) is 0 Å². The van der Waals surface area contributed by atoms with Crippen molar-refractivity contribution >= 4 is 48.5 Å². The van der Waals surface area contributed by atoms with Crippen LogP contribution in [0.3, 0.4) is 0 Å². The fourth-order valence-corrected chi connectivity index (χ4v) is 2.91. The van der Waals surface area contributed by atoms with E-state index in [0.717, 1.165) is 9.86 Å². The van der Waals surface area contributed by atoms with E-state index in [0.29, 0.717) is 16.5 Å². The van der Waals surface area contributed by atoms with E-state index in [1.807, 2.05) is 6.07 Å². The lowest BCUT2D eigenvalue weighted by molar-refractivity contribution is -0.119. The molecule has 0 amide bonds. The van der Waals surface area contributed by atoms with Gasteiger partial charge in [0.05, 0.1) is 0 Å². The summed E-state index contributed by atoms with van der Waals surface area (Å²) in [5.41, 5.74) is 0. The zero-order valence-electron chi connectivity index (χ0n) is 10.3. The topological polar surface area (TPSA) is 16.1 Å². The molecule has 0 fully saturated rings. The summed E-state index contributed by atoms with van der Waals surface area (Å²) in [7, 11) is 0. The third-order valence-corrected chi connectivity index (χ3v) is 3.80. The van der Waals surface area contributed by atoms with Crippen LogP contribution < -0.4 is 4.90 Å². The maximum absolute atomic E-state index is 12.7. The molecule has 1 aromatic carbocycles. The molecule has 20 heavy (non-hydrogen) atoms. The number of alkyl halides is 4. The zero-order chi connectivity index (χ0) is 14.8. The van der Waals surface area contributed by atoms with Gasteiger partial charge >= 0.3 is 6.18 Å². The molecular weight excluding hydrogens is 401 g/mol. The maximum atomic E-state index is 12.7. The molecule has 0 aliphatic rings. The number of fused-ring (bicyclic) bond motifs is 1. The average Bonchev–Trinajstić information content (AvgIpc) is 2.37. The molecule has 108 valence electrons. The molecule has 2 rings (SSSR count). The molecule has 0 radical (unpaired) electrons. The Morgan fingerprint density at radius 2 is 1.90 bits per heavy atom. The van der Waals surface area contributed by atoms with Crippen molar-refractivity contribution in [1.82, 2.24) is 4.98 Å². The highest BCUT2D eigenvalue weighted by Gasteiger charge is 2.31. The second-order valence-corrected chi connectivity index (χ2v) is 5.84. The fraction of sp³-hybridized carbons (Fsp3) is 0.308. The van der Waals surface area contributed by atoms with Crippen LogP contribution in [0.2, 0.25) is 0 Å². The van der Waals surface area contributed by atoms with Crippen LogP contribution in [-0.2, 0) is 0 Å². The van der Waals surface area contributed by atoms with Gasteiger partial charge in [0.15, 0.2) is 0 Å². The Kier molecular flexibility index (Phi) is 4.90. The molecule has 0 saturated heterocycles. The maximum Gasteiger partial charge on any atom is 0.405 e. The van der Waals surface area contributed by atoms with Gasteiger partial charge in [0.1, 0.15) is 12.4 Å². The van der Waals surface area contributed by atoms with Crippen molar-refractivity contribution in [3.05, 3.63) is 34.9 Å². The van der Waals surface area contributed by atoms with Crippen LogP contribution in [0.5, 0.6) is 0 Å². The number of hydrogen-bond donors (Lipinski definition) is 0. The predicted octanol–water partition coefficient (Wildman–Crippen LogP) is 4.76. The summed E-state index contributed by atoms with van der Waals surface area (Å²) in [6.45, 7) is -0.782. The lowest BCUT2D eigenvalue weighted by Crippen LogP contribution is -2.36. The number of pyridine rings is 1. The molecule has 0 N–H and O–H groups in total. The van der Waals surface area contributed by atoms with Gasteiger partial charge in [-0.15, -0.1) is 0 Å². The van der Waals surface area contributed by atoms with Crippen molar-refractivity contribution in [2.75, 3.05) is 23.3 Å². The van der Waals surface area contributed by atoms with Crippen molar-refractivity contribution < 1.29 is 13.2 Å². The molecule has 0 atom stereocenters. The van der Waals surface area contributed by atoms with Gasteiger partial charge in [-0.25, -0.2) is 4.98 Å². The van der Waals surface area contributed by atoms with Crippen LogP contribution in [0.15, 0.2) is 34.9 Å². The molecular formula is C13H11Br2F3N2. The number of benzene rings is 1. The predicted molar refractivity (Wildman–Crippen MR) is 81.5 cm³/mol. The minimum atomic E-state index is -4.27. The summed E-state index contributed by atoms with van der Waals surface area (Å²) >= 11 is 6.59. The third-order valence-electron chi connectivity index (χ3n) is 2.76. The summed E-state index contributed by atoms with van der Waals surface area (Å²) < 4.78 is 38.9. The van der Waals surface area contributed by atoms with E-state index in [2.05, 4.69) is 36.8 Å². The summed E-state index contributed by atoms with van der Waals surface area (Å²) in [6, 6.07) is 7.20. The smallest absolute Gasteiger partial charge is 0.346 e. The van der Waals surface area contributed by atoms with E-state index < -0.39 is 12.7 Å². The first-order valence-corrected chi connectivity index (χ1v) is 7.75. The molecule has 1 heterocycles. The Morgan fingerprint density at radius 1 is 1.15 bits per heavy atom. The number of anilines is 1. The minimum absolute atomic E-state index is 0.234. The normalized spacial score (nSPS) is 11.8. The highest BCUT2D eigenvalue weighted by atomic mass is 79.9. The Labute approximate surface area is 131 Å². The van der Waals surface area contributed by atoms with Crippen molar-refractivity contribution in [3.8, 4) is 0 Å². The van der Waals surface area contributed by atoms with E-state index in [1.54, 1.807) is 18.2 Å². The van der Waals surface area contributed by atoms with Crippen LogP contribution in [-0.4, -0.2) is 29.6 Å². The first-order valence-electron chi connectivity index (χ1n) is 5.83. The zero-order valence-corrected chi connectivity index (χ0v) is 13.5. The number of rotatable bonds is 4. The van der Waals surface area contributed by atoms with E-state index in [4.69, 9.17) is 0 Å². The van der Waals surface area contributed by atoms with Gasteiger partial charge in [0.25, 0.3) is 0 Å². The average molecular weight is 412 g/mol. The van der Waals surface area contributed by atoms with Gasteiger partial charge in [-0.05, 0) is 12.1 Å². The van der Waals surface area contributed by atoms with Gasteiger partial charge in [0, 0.05) is 33.3 Å². The largest absolute Gasteiger partial charge is 0.405 e. The summed E-state index contributed by atoms with van der Waals surface area (Å²) in [5, 5.41) is 1.99. The summed E-state index contributed by atoms with van der Waals surface area (Å²) in [4.78, 5) is 5.37. The Balaban J connectivity index is 2.50. The molecule has 0 spiro atoms. The Morgan fingerprint density at radius 3 is 2.55 bits per heavy atom. The van der Waals surface area contributed by atoms with Gasteiger partial charge in [0.2, 0.25) is 0 Å². The fourth-order valence-electron chi connectivity index (χ4n) is 1.98. The van der Waals surface area contributed by atoms with Gasteiger partial charge in [-0.1, -0.05) is 44.0 Å². The van der Waals surface area contributed by atoms with Crippen LogP contribution in [0, 0.1) is 0 Å². The Bertz CT molecular complexity index is 602. The molecule has 0 aliphatic carbocycles. The third kappa shape index (κ3) is 3.63. The minimum Gasteiger partial charge on any atom is -0.346 e. The van der Waals surface area contributed by atoms with Crippen LogP contribution in [0.1, 0.15) is 0 Å². The van der Waals surface area contributed by atoms with Gasteiger partial charge in [-0.3, -0.25) is 0 Å². The van der Waals surface area contributed by atoms with Gasteiger partial charge < -0.3 is 4.90 Å². The molecule has 2 nitrogen and oxygen atoms in total. The lowest BCUT2D eigenvalue weighted by Gasteiger charge is -2.25. The van der Waals surface area contributed by atoms with Crippen molar-refractivity contribution in [2.24, 2.45) is 0 Å². The SMILES string of the molecule is FC(F)(F)CN(CCBr)c1nccc2c(Br)cccc12. The Hall–Kier alpha value is -0.820. The standard InChI is InChI=1S/C13H11Br2F3N2/c14-5-7-20(8-13(16,17)18)12-10-2-1-3-11(15)9(10)4-6-19-12/h1-4,6H,5,7-8H2. The van der Waals surface area contributed by atoms with E-state index in [1.165, 1.54) is 11.1 Å². The van der Waals surface area contributed by atoms with Gasteiger partial charge in [-0.2, -0.15) is 13.2 Å². The molecule has 0 bridgehead atoms. The van der Waals surface area contributed by atoms with Crippen molar-refractivity contribution in [2.45, 2.75) is 6.18 Å². The van der Waals surface area contributed by atoms with E-state index in [-0.39, 0.29) is 6.54 Å². The quantitative estimate of drug-likeness (QED) is 0.674. The number of nitrogens with zero attached hydrogens (tertiary/aromatic N) is 2. The molecule has 7 heteroatoms. The highest BCUT2D eigenvalue weighted by Crippen LogP contribution is 2.31. The van der Waals surface area contributed by atoms with E-state index in [9.17, 15) is 13.2 Å². The monoisotopic (exact) mass is 410 g/mol. The van der Waals surface area contributed by atoms with Crippen LogP contribution in [0.4, 0.5) is 19.0 Å². The second-order valence-electron chi connectivity index (χ2n) is 4.20. The molecule has 0 unspecified atom stereocenters. The summed E-state index contributed by atoms with van der Waals surface area (Å²) in [6.07, 6.45) is -2.74. The lowest BCUT2D eigenvalue weighted by atomic mass is 10.1. The molecule has 0 aliphatic heterocycles. The highest BCUT2D eigenvalue weighted by molar-refractivity contribution is 9.10. The molecule has 1 aromatic heterocycles. The number of hydrogen-bond acceptors (Lipinski definition) is 2. The number of halogens is 5. The van der Waals surface area contributed by atoms with Crippen LogP contribution >= 0.6 is 31.9 Å².